The number of nitriles is 1. The van der Waals surface area contributed by atoms with Crippen molar-refractivity contribution < 1.29 is 4.79 Å². The number of nitrogens with zero attached hydrogens (tertiary/aromatic N) is 2. The fourth-order valence-electron chi connectivity index (χ4n) is 3.09. The Morgan fingerprint density at radius 2 is 2.08 bits per heavy atom. The molecule has 0 spiro atoms. The molecule has 1 aromatic carbocycles. The topological polar surface area (TPSA) is 68.2 Å². The zero-order chi connectivity index (χ0) is 17.2. The molecule has 2 rings (SSSR count). The number of urea groups is 1. The van der Waals surface area contributed by atoms with Crippen molar-refractivity contribution in [3.8, 4) is 6.07 Å². The second kappa shape index (κ2) is 9.94. The number of amides is 2. The Bertz CT molecular complexity index is 549. The first kappa shape index (κ1) is 18.3. The zero-order valence-corrected chi connectivity index (χ0v) is 14.6. The second-order valence-electron chi connectivity index (χ2n) is 6.67. The van der Waals surface area contributed by atoms with Gasteiger partial charge in [0.15, 0.2) is 0 Å². The summed E-state index contributed by atoms with van der Waals surface area (Å²) in [5, 5.41) is 14.5. The van der Waals surface area contributed by atoms with Crippen LogP contribution in [0.4, 0.5) is 4.79 Å². The third-order valence-electron chi connectivity index (χ3n) is 4.46. The van der Waals surface area contributed by atoms with Crippen molar-refractivity contribution >= 4 is 6.03 Å². The Labute approximate surface area is 145 Å². The summed E-state index contributed by atoms with van der Waals surface area (Å²) in [6.45, 7) is 7.10. The highest BCUT2D eigenvalue weighted by molar-refractivity contribution is 5.73. The number of benzene rings is 1. The van der Waals surface area contributed by atoms with Crippen LogP contribution in [-0.4, -0.2) is 37.1 Å². The van der Waals surface area contributed by atoms with Gasteiger partial charge in [-0.05, 0) is 62.4 Å². The highest BCUT2D eigenvalue weighted by Crippen LogP contribution is 2.15. The maximum Gasteiger partial charge on any atom is 0.315 e. The first-order valence-corrected chi connectivity index (χ1v) is 8.90. The van der Waals surface area contributed by atoms with Gasteiger partial charge in [0.2, 0.25) is 0 Å². The van der Waals surface area contributed by atoms with E-state index < -0.39 is 0 Å². The van der Waals surface area contributed by atoms with Crippen LogP contribution < -0.4 is 10.6 Å². The molecule has 1 aliphatic rings. The summed E-state index contributed by atoms with van der Waals surface area (Å²) < 4.78 is 0. The van der Waals surface area contributed by atoms with Gasteiger partial charge >= 0.3 is 6.03 Å². The lowest BCUT2D eigenvalue weighted by atomic mass is 10.0. The molecule has 130 valence electrons. The largest absolute Gasteiger partial charge is 0.338 e. The molecule has 0 aliphatic carbocycles. The van der Waals surface area contributed by atoms with Crippen LogP contribution in [0.15, 0.2) is 24.3 Å². The van der Waals surface area contributed by atoms with Gasteiger partial charge in [-0.2, -0.15) is 5.26 Å². The van der Waals surface area contributed by atoms with Crippen LogP contribution in [0.1, 0.15) is 43.7 Å². The minimum Gasteiger partial charge on any atom is -0.338 e. The van der Waals surface area contributed by atoms with Crippen molar-refractivity contribution in [2.75, 3.05) is 26.2 Å². The SMILES string of the molecule is CC1CCCN(CCCCNC(=O)NCc2ccc(C#N)cc2)C1. The predicted octanol–water partition coefficient (Wildman–Crippen LogP) is 2.87. The van der Waals surface area contributed by atoms with Crippen LogP contribution in [0.2, 0.25) is 0 Å². The van der Waals surface area contributed by atoms with Crippen molar-refractivity contribution in [1.29, 1.82) is 5.26 Å². The first-order valence-electron chi connectivity index (χ1n) is 8.90. The fraction of sp³-hybridized carbons (Fsp3) is 0.579. The minimum atomic E-state index is -0.133. The summed E-state index contributed by atoms with van der Waals surface area (Å²) >= 11 is 0. The minimum absolute atomic E-state index is 0.133. The Hall–Kier alpha value is -2.06. The number of likely N-dealkylation sites (tertiary alicyclic amines) is 1. The molecule has 1 fully saturated rings. The van der Waals surface area contributed by atoms with Gasteiger partial charge in [-0.25, -0.2) is 4.79 Å². The second-order valence-corrected chi connectivity index (χ2v) is 6.67. The van der Waals surface area contributed by atoms with Gasteiger partial charge in [0.05, 0.1) is 11.6 Å². The maximum atomic E-state index is 11.8. The molecule has 1 unspecified atom stereocenters. The van der Waals surface area contributed by atoms with E-state index in [4.69, 9.17) is 5.26 Å². The standard InChI is InChI=1S/C19H28N4O/c1-16-5-4-12-23(15-16)11-3-2-10-21-19(24)22-14-18-8-6-17(13-20)7-9-18/h6-9,16H,2-5,10-12,14-15H2,1H3,(H2,21,22,24). The predicted molar refractivity (Wildman–Crippen MR) is 95.5 cm³/mol. The molecular formula is C19H28N4O. The number of piperidine rings is 1. The smallest absolute Gasteiger partial charge is 0.315 e. The zero-order valence-electron chi connectivity index (χ0n) is 14.6. The molecule has 2 N–H and O–H groups in total. The molecule has 2 amide bonds. The van der Waals surface area contributed by atoms with Crippen molar-refractivity contribution in [3.63, 3.8) is 0 Å². The van der Waals surface area contributed by atoms with Crippen molar-refractivity contribution in [2.24, 2.45) is 5.92 Å². The van der Waals surface area contributed by atoms with E-state index in [0.717, 1.165) is 30.9 Å². The van der Waals surface area contributed by atoms with E-state index in [2.05, 4.69) is 28.5 Å². The molecule has 1 aromatic rings. The van der Waals surface area contributed by atoms with Crippen LogP contribution in [-0.2, 0) is 6.54 Å². The van der Waals surface area contributed by atoms with E-state index in [-0.39, 0.29) is 6.03 Å². The highest BCUT2D eigenvalue weighted by Gasteiger charge is 2.15. The first-order chi connectivity index (χ1) is 11.7. The van der Waals surface area contributed by atoms with Crippen molar-refractivity contribution in [1.82, 2.24) is 15.5 Å². The van der Waals surface area contributed by atoms with Gasteiger partial charge in [-0.15, -0.1) is 0 Å². The van der Waals surface area contributed by atoms with Crippen LogP contribution in [0.5, 0.6) is 0 Å². The summed E-state index contributed by atoms with van der Waals surface area (Å²) in [6.07, 6.45) is 4.81. The quantitative estimate of drug-likeness (QED) is 0.756. The summed E-state index contributed by atoms with van der Waals surface area (Å²) in [7, 11) is 0. The van der Waals surface area contributed by atoms with Gasteiger partial charge in [-0.1, -0.05) is 19.1 Å². The molecule has 1 saturated heterocycles. The number of carbonyl (C=O) groups is 1. The highest BCUT2D eigenvalue weighted by atomic mass is 16.2. The molecule has 5 nitrogen and oxygen atoms in total. The van der Waals surface area contributed by atoms with E-state index in [1.54, 1.807) is 12.1 Å². The molecule has 1 heterocycles. The summed E-state index contributed by atoms with van der Waals surface area (Å²) in [5.74, 6) is 0.824. The van der Waals surface area contributed by atoms with Crippen molar-refractivity contribution in [3.05, 3.63) is 35.4 Å². The average molecular weight is 328 g/mol. The lowest BCUT2D eigenvalue weighted by Crippen LogP contribution is -2.37. The van der Waals surface area contributed by atoms with Gasteiger partial charge < -0.3 is 15.5 Å². The monoisotopic (exact) mass is 328 g/mol. The van der Waals surface area contributed by atoms with Gasteiger partial charge in [0, 0.05) is 19.6 Å². The third-order valence-corrected chi connectivity index (χ3v) is 4.46. The molecule has 1 atom stereocenters. The molecule has 0 bridgehead atoms. The normalized spacial score (nSPS) is 17.9. The Balaban J connectivity index is 1.52. The van der Waals surface area contributed by atoms with Crippen LogP contribution >= 0.6 is 0 Å². The lowest BCUT2D eigenvalue weighted by molar-refractivity contribution is 0.181. The van der Waals surface area contributed by atoms with Gasteiger partial charge in [0.25, 0.3) is 0 Å². The summed E-state index contributed by atoms with van der Waals surface area (Å²) in [6, 6.07) is 9.19. The van der Waals surface area contributed by atoms with Crippen LogP contribution in [0.25, 0.3) is 0 Å². The number of hydrogen-bond acceptors (Lipinski definition) is 3. The van der Waals surface area contributed by atoms with E-state index in [1.807, 2.05) is 12.1 Å². The summed E-state index contributed by atoms with van der Waals surface area (Å²) in [5.41, 5.74) is 1.62. The average Bonchev–Trinajstić information content (AvgIpc) is 2.60. The number of rotatable bonds is 7. The molecule has 0 radical (unpaired) electrons. The molecule has 0 aromatic heterocycles. The molecule has 24 heavy (non-hydrogen) atoms. The van der Waals surface area contributed by atoms with Gasteiger partial charge in [0.1, 0.15) is 0 Å². The Kier molecular flexibility index (Phi) is 7.57. The number of hydrogen-bond donors (Lipinski definition) is 2. The summed E-state index contributed by atoms with van der Waals surface area (Å²) in [4.78, 5) is 14.3. The number of unbranched alkanes of at least 4 members (excludes halogenated alkanes) is 1. The maximum absolute atomic E-state index is 11.8. The van der Waals surface area contributed by atoms with E-state index >= 15 is 0 Å². The van der Waals surface area contributed by atoms with E-state index in [1.165, 1.54) is 25.9 Å². The fourth-order valence-corrected chi connectivity index (χ4v) is 3.09. The molecule has 0 saturated carbocycles. The van der Waals surface area contributed by atoms with Crippen molar-refractivity contribution in [2.45, 2.75) is 39.2 Å². The molecular weight excluding hydrogens is 300 g/mol. The Morgan fingerprint density at radius 1 is 1.29 bits per heavy atom. The van der Waals surface area contributed by atoms with E-state index in [9.17, 15) is 4.79 Å². The van der Waals surface area contributed by atoms with E-state index in [0.29, 0.717) is 18.7 Å². The van der Waals surface area contributed by atoms with Crippen LogP contribution in [0, 0.1) is 17.2 Å². The molecule has 1 aliphatic heterocycles. The Morgan fingerprint density at radius 3 is 2.79 bits per heavy atom. The van der Waals surface area contributed by atoms with Crippen LogP contribution in [0.3, 0.4) is 0 Å². The molecule has 5 heteroatoms. The third kappa shape index (κ3) is 6.59. The van der Waals surface area contributed by atoms with Gasteiger partial charge in [-0.3, -0.25) is 0 Å². The lowest BCUT2D eigenvalue weighted by Gasteiger charge is -2.30. The number of nitrogens with one attached hydrogen (secondary N) is 2. The number of carbonyl (C=O) groups excluding carboxylic acids is 1.